The highest BCUT2D eigenvalue weighted by Gasteiger charge is 2.46. The maximum absolute atomic E-state index is 12.7. The van der Waals surface area contributed by atoms with E-state index >= 15 is 0 Å². The molecule has 0 radical (unpaired) electrons. The van der Waals surface area contributed by atoms with Gasteiger partial charge in [-0.2, -0.15) is 0 Å². The quantitative estimate of drug-likeness (QED) is 0.844. The SMILES string of the molecule is Cn1cnc2c(c1=O)CCN(C(=O)[C@@H]1C[C@H]1c1ccccc1)C2. The number of carbonyl (C=O) groups is 1. The van der Waals surface area contributed by atoms with E-state index in [0.29, 0.717) is 25.4 Å². The topological polar surface area (TPSA) is 55.2 Å². The highest BCUT2D eigenvalue weighted by Crippen LogP contribution is 2.48. The Morgan fingerprint density at radius 3 is 2.83 bits per heavy atom. The summed E-state index contributed by atoms with van der Waals surface area (Å²) in [5, 5.41) is 0. The van der Waals surface area contributed by atoms with Crippen LogP contribution in [0.1, 0.15) is 29.2 Å². The van der Waals surface area contributed by atoms with Crippen LogP contribution >= 0.6 is 0 Å². The fourth-order valence-electron chi connectivity index (χ4n) is 3.48. The second-order valence-corrected chi connectivity index (χ2v) is 6.46. The standard InChI is InChI=1S/C18H19N3O2/c1-20-11-19-16-10-21(8-7-13(16)17(20)22)18(23)15-9-14(15)12-5-3-2-4-6-12/h2-6,11,14-15H,7-10H2,1H3/t14-,15+/m0/s1. The van der Waals surface area contributed by atoms with Gasteiger partial charge >= 0.3 is 0 Å². The van der Waals surface area contributed by atoms with E-state index in [4.69, 9.17) is 0 Å². The molecule has 1 amide bonds. The summed E-state index contributed by atoms with van der Waals surface area (Å²) in [5.41, 5.74) is 2.77. The van der Waals surface area contributed by atoms with Crippen LogP contribution in [0.3, 0.4) is 0 Å². The number of hydrogen-bond acceptors (Lipinski definition) is 3. The lowest BCUT2D eigenvalue weighted by molar-refractivity contribution is -0.133. The second-order valence-electron chi connectivity index (χ2n) is 6.46. The first-order valence-electron chi connectivity index (χ1n) is 8.02. The fraction of sp³-hybridized carbons (Fsp3) is 0.389. The average Bonchev–Trinajstić information content (AvgIpc) is 3.39. The Kier molecular flexibility index (Phi) is 3.29. The zero-order valence-corrected chi connectivity index (χ0v) is 13.1. The number of aryl methyl sites for hydroxylation is 1. The van der Waals surface area contributed by atoms with Gasteiger partial charge in [0.25, 0.3) is 5.56 Å². The van der Waals surface area contributed by atoms with E-state index in [1.807, 2.05) is 23.1 Å². The molecule has 0 unspecified atom stereocenters. The Hall–Kier alpha value is -2.43. The van der Waals surface area contributed by atoms with Crippen molar-refractivity contribution in [2.75, 3.05) is 6.54 Å². The highest BCUT2D eigenvalue weighted by atomic mass is 16.2. The molecule has 4 rings (SSSR count). The molecule has 1 aliphatic heterocycles. The monoisotopic (exact) mass is 309 g/mol. The number of carbonyl (C=O) groups excluding carboxylic acids is 1. The first-order valence-corrected chi connectivity index (χ1v) is 8.02. The molecule has 5 nitrogen and oxygen atoms in total. The summed E-state index contributed by atoms with van der Waals surface area (Å²) in [6, 6.07) is 10.2. The van der Waals surface area contributed by atoms with Crippen molar-refractivity contribution >= 4 is 5.91 Å². The Labute approximate surface area is 134 Å². The molecule has 1 fully saturated rings. The van der Waals surface area contributed by atoms with Gasteiger partial charge in [0.2, 0.25) is 5.91 Å². The van der Waals surface area contributed by atoms with Gasteiger partial charge in [-0.3, -0.25) is 9.59 Å². The third-order valence-electron chi connectivity index (χ3n) is 4.93. The van der Waals surface area contributed by atoms with Gasteiger partial charge in [0.15, 0.2) is 0 Å². The maximum Gasteiger partial charge on any atom is 0.256 e. The van der Waals surface area contributed by atoms with Crippen LogP contribution in [0.15, 0.2) is 41.5 Å². The molecule has 2 aromatic rings. The predicted molar refractivity (Wildman–Crippen MR) is 85.9 cm³/mol. The van der Waals surface area contributed by atoms with E-state index in [0.717, 1.165) is 17.7 Å². The van der Waals surface area contributed by atoms with Crippen molar-refractivity contribution in [2.45, 2.75) is 25.3 Å². The number of fused-ring (bicyclic) bond motifs is 1. The minimum absolute atomic E-state index is 0.00989. The van der Waals surface area contributed by atoms with Crippen molar-refractivity contribution in [3.63, 3.8) is 0 Å². The van der Waals surface area contributed by atoms with Crippen LogP contribution in [-0.4, -0.2) is 26.9 Å². The third kappa shape index (κ3) is 2.46. The Balaban J connectivity index is 1.49. The van der Waals surface area contributed by atoms with E-state index in [9.17, 15) is 9.59 Å². The first kappa shape index (κ1) is 14.2. The molecule has 1 aliphatic carbocycles. The summed E-state index contributed by atoms with van der Waals surface area (Å²) in [6.45, 7) is 1.08. The molecule has 1 aromatic carbocycles. The molecule has 0 saturated heterocycles. The molecule has 1 saturated carbocycles. The number of aromatic nitrogens is 2. The van der Waals surface area contributed by atoms with Crippen LogP contribution in [0.2, 0.25) is 0 Å². The summed E-state index contributed by atoms with van der Waals surface area (Å²) in [5.74, 6) is 0.638. The van der Waals surface area contributed by atoms with Crippen LogP contribution < -0.4 is 5.56 Å². The van der Waals surface area contributed by atoms with Crippen LogP contribution in [0.25, 0.3) is 0 Å². The van der Waals surface area contributed by atoms with E-state index < -0.39 is 0 Å². The molecule has 5 heteroatoms. The zero-order chi connectivity index (χ0) is 16.0. The van der Waals surface area contributed by atoms with E-state index in [1.54, 1.807) is 13.4 Å². The van der Waals surface area contributed by atoms with E-state index in [2.05, 4.69) is 17.1 Å². The van der Waals surface area contributed by atoms with Crippen molar-refractivity contribution in [1.29, 1.82) is 0 Å². The second kappa shape index (κ2) is 5.33. The number of rotatable bonds is 2. The Morgan fingerprint density at radius 1 is 1.26 bits per heavy atom. The Morgan fingerprint density at radius 2 is 2.04 bits per heavy atom. The third-order valence-corrected chi connectivity index (χ3v) is 4.93. The van der Waals surface area contributed by atoms with Gasteiger partial charge in [-0.05, 0) is 24.3 Å². The molecule has 0 N–H and O–H groups in total. The van der Waals surface area contributed by atoms with Crippen LogP contribution in [0, 0.1) is 5.92 Å². The van der Waals surface area contributed by atoms with E-state index in [-0.39, 0.29) is 17.4 Å². The molecule has 0 bridgehead atoms. The molecule has 118 valence electrons. The van der Waals surface area contributed by atoms with Crippen molar-refractivity contribution in [2.24, 2.45) is 13.0 Å². The van der Waals surface area contributed by atoms with Gasteiger partial charge < -0.3 is 9.47 Å². The Bertz CT molecular complexity index is 813. The largest absolute Gasteiger partial charge is 0.336 e. The van der Waals surface area contributed by atoms with Crippen molar-refractivity contribution in [3.8, 4) is 0 Å². The smallest absolute Gasteiger partial charge is 0.256 e. The van der Waals surface area contributed by atoms with Gasteiger partial charge in [0, 0.05) is 25.1 Å². The molecule has 2 aliphatic rings. The van der Waals surface area contributed by atoms with Crippen LogP contribution in [-0.2, 0) is 24.8 Å². The maximum atomic E-state index is 12.7. The lowest BCUT2D eigenvalue weighted by atomic mass is 10.0. The predicted octanol–water partition coefficient (Wildman–Crippen LogP) is 1.47. The molecule has 2 atom stereocenters. The van der Waals surface area contributed by atoms with Gasteiger partial charge in [-0.15, -0.1) is 0 Å². The molecule has 1 aromatic heterocycles. The average molecular weight is 309 g/mol. The van der Waals surface area contributed by atoms with Crippen molar-refractivity contribution < 1.29 is 4.79 Å². The molecule has 2 heterocycles. The summed E-state index contributed by atoms with van der Waals surface area (Å²) >= 11 is 0. The number of benzene rings is 1. The summed E-state index contributed by atoms with van der Waals surface area (Å²) in [4.78, 5) is 31.0. The highest BCUT2D eigenvalue weighted by molar-refractivity contribution is 5.83. The normalized spacial score (nSPS) is 22.6. The zero-order valence-electron chi connectivity index (χ0n) is 13.1. The van der Waals surface area contributed by atoms with Gasteiger partial charge in [-0.25, -0.2) is 4.98 Å². The minimum Gasteiger partial charge on any atom is -0.336 e. The summed E-state index contributed by atoms with van der Waals surface area (Å²) in [6.07, 6.45) is 3.07. The summed E-state index contributed by atoms with van der Waals surface area (Å²) in [7, 11) is 1.71. The molecule has 0 spiro atoms. The summed E-state index contributed by atoms with van der Waals surface area (Å²) < 4.78 is 1.50. The van der Waals surface area contributed by atoms with Gasteiger partial charge in [0.1, 0.15) is 0 Å². The molecular weight excluding hydrogens is 290 g/mol. The number of nitrogens with zero attached hydrogens (tertiary/aromatic N) is 3. The van der Waals surface area contributed by atoms with E-state index in [1.165, 1.54) is 10.1 Å². The molecular formula is C18H19N3O2. The number of hydrogen-bond donors (Lipinski definition) is 0. The van der Waals surface area contributed by atoms with Crippen LogP contribution in [0.5, 0.6) is 0 Å². The van der Waals surface area contributed by atoms with Gasteiger partial charge in [0.05, 0.1) is 18.6 Å². The van der Waals surface area contributed by atoms with Crippen LogP contribution in [0.4, 0.5) is 0 Å². The van der Waals surface area contributed by atoms with Crippen molar-refractivity contribution in [3.05, 3.63) is 63.8 Å². The lowest BCUT2D eigenvalue weighted by Crippen LogP contribution is -2.40. The van der Waals surface area contributed by atoms with Gasteiger partial charge in [-0.1, -0.05) is 30.3 Å². The first-order chi connectivity index (χ1) is 11.1. The van der Waals surface area contributed by atoms with Crippen molar-refractivity contribution in [1.82, 2.24) is 14.5 Å². The number of amides is 1. The molecule has 23 heavy (non-hydrogen) atoms. The minimum atomic E-state index is 0.00989. The fourth-order valence-corrected chi connectivity index (χ4v) is 3.48. The lowest BCUT2D eigenvalue weighted by Gasteiger charge is -2.28.